The Bertz CT molecular complexity index is 760. The molecule has 2 aromatic rings. The fraction of sp³-hybridized carbons (Fsp3) is 0.250. The Kier molecular flexibility index (Phi) is 5.26. The third-order valence-corrected chi connectivity index (χ3v) is 4.52. The zero-order valence-electron chi connectivity index (χ0n) is 12.1. The van der Waals surface area contributed by atoms with E-state index in [1.165, 1.54) is 6.07 Å². The molecular formula is C16H17F2NO2S. The van der Waals surface area contributed by atoms with Crippen molar-refractivity contribution >= 4 is 10.0 Å². The van der Waals surface area contributed by atoms with Crippen molar-refractivity contribution in [2.75, 3.05) is 6.54 Å². The second kappa shape index (κ2) is 6.98. The van der Waals surface area contributed by atoms with E-state index in [1.807, 2.05) is 25.1 Å². The number of hydrogen-bond donors (Lipinski definition) is 1. The van der Waals surface area contributed by atoms with Gasteiger partial charge in [-0.1, -0.05) is 35.9 Å². The summed E-state index contributed by atoms with van der Waals surface area (Å²) < 4.78 is 52.3. The summed E-state index contributed by atoms with van der Waals surface area (Å²) in [5.41, 5.74) is 2.24. The van der Waals surface area contributed by atoms with Gasteiger partial charge in [0.25, 0.3) is 0 Å². The molecule has 0 saturated carbocycles. The fourth-order valence-electron chi connectivity index (χ4n) is 2.12. The first-order valence-electron chi connectivity index (χ1n) is 6.82. The van der Waals surface area contributed by atoms with Crippen LogP contribution in [0.2, 0.25) is 0 Å². The average Bonchev–Trinajstić information content (AvgIpc) is 2.42. The topological polar surface area (TPSA) is 46.2 Å². The van der Waals surface area contributed by atoms with Gasteiger partial charge in [0, 0.05) is 6.54 Å². The molecule has 118 valence electrons. The molecule has 0 unspecified atom stereocenters. The van der Waals surface area contributed by atoms with Crippen molar-refractivity contribution in [3.05, 3.63) is 70.8 Å². The van der Waals surface area contributed by atoms with E-state index in [0.29, 0.717) is 17.5 Å². The number of nitrogens with one attached hydrogen (secondary N) is 1. The minimum atomic E-state index is -3.46. The van der Waals surface area contributed by atoms with Gasteiger partial charge in [-0.05, 0) is 36.6 Å². The molecule has 3 nitrogen and oxygen atoms in total. The van der Waals surface area contributed by atoms with E-state index in [9.17, 15) is 17.2 Å². The van der Waals surface area contributed by atoms with Crippen molar-refractivity contribution in [2.24, 2.45) is 0 Å². The van der Waals surface area contributed by atoms with E-state index >= 15 is 0 Å². The van der Waals surface area contributed by atoms with Crippen LogP contribution in [0.3, 0.4) is 0 Å². The van der Waals surface area contributed by atoms with E-state index in [0.717, 1.165) is 17.7 Å². The summed E-state index contributed by atoms with van der Waals surface area (Å²) in [7, 11) is -3.46. The van der Waals surface area contributed by atoms with Crippen LogP contribution in [0.25, 0.3) is 0 Å². The second-order valence-electron chi connectivity index (χ2n) is 5.14. The highest BCUT2D eigenvalue weighted by Gasteiger charge is 2.11. The molecular weight excluding hydrogens is 308 g/mol. The highest BCUT2D eigenvalue weighted by Crippen LogP contribution is 2.10. The molecule has 0 heterocycles. The van der Waals surface area contributed by atoms with E-state index in [2.05, 4.69) is 4.72 Å². The normalized spacial score (nSPS) is 11.6. The Hall–Kier alpha value is -1.79. The Morgan fingerprint density at radius 3 is 2.45 bits per heavy atom. The number of rotatable bonds is 6. The number of aryl methyl sites for hydroxylation is 1. The Labute approximate surface area is 129 Å². The summed E-state index contributed by atoms with van der Waals surface area (Å²) >= 11 is 0. The Morgan fingerprint density at radius 1 is 1.00 bits per heavy atom. The smallest absolute Gasteiger partial charge is 0.215 e. The van der Waals surface area contributed by atoms with Crippen LogP contribution in [-0.4, -0.2) is 15.0 Å². The zero-order chi connectivity index (χ0) is 16.2. The molecule has 1 N–H and O–H groups in total. The van der Waals surface area contributed by atoms with Gasteiger partial charge in [0.2, 0.25) is 10.0 Å². The van der Waals surface area contributed by atoms with Gasteiger partial charge in [0.05, 0.1) is 5.75 Å². The largest absolute Gasteiger partial charge is 0.215 e. The first-order chi connectivity index (χ1) is 10.4. The third-order valence-electron chi connectivity index (χ3n) is 3.16. The highest BCUT2D eigenvalue weighted by molar-refractivity contribution is 7.88. The molecule has 0 aliphatic heterocycles. The summed E-state index contributed by atoms with van der Waals surface area (Å²) in [6, 6.07) is 10.8. The lowest BCUT2D eigenvalue weighted by Gasteiger charge is -2.08. The van der Waals surface area contributed by atoms with Gasteiger partial charge in [-0.3, -0.25) is 0 Å². The van der Waals surface area contributed by atoms with Crippen LogP contribution in [0.5, 0.6) is 0 Å². The van der Waals surface area contributed by atoms with Crippen molar-refractivity contribution in [1.29, 1.82) is 0 Å². The minimum absolute atomic E-state index is 0.105. The molecule has 0 fully saturated rings. The van der Waals surface area contributed by atoms with Crippen LogP contribution >= 0.6 is 0 Å². The molecule has 0 spiro atoms. The summed E-state index contributed by atoms with van der Waals surface area (Å²) in [5, 5.41) is 0. The molecule has 2 aromatic carbocycles. The second-order valence-corrected chi connectivity index (χ2v) is 6.95. The van der Waals surface area contributed by atoms with E-state index in [4.69, 9.17) is 0 Å². The summed E-state index contributed by atoms with van der Waals surface area (Å²) in [5.74, 6) is -1.95. The van der Waals surface area contributed by atoms with Crippen molar-refractivity contribution in [1.82, 2.24) is 4.72 Å². The molecule has 22 heavy (non-hydrogen) atoms. The standard InChI is InChI=1S/C16H17F2NO2S/c1-12-3-2-4-14(9-12)11-22(20,21)19-8-7-13-5-6-15(17)16(18)10-13/h2-6,9-10,19H,7-8,11H2,1H3. The lowest BCUT2D eigenvalue weighted by Crippen LogP contribution is -2.27. The maximum Gasteiger partial charge on any atom is 0.215 e. The summed E-state index contributed by atoms with van der Waals surface area (Å²) in [6.45, 7) is 2.03. The molecule has 0 saturated heterocycles. The van der Waals surface area contributed by atoms with Crippen LogP contribution < -0.4 is 4.72 Å². The van der Waals surface area contributed by atoms with Crippen molar-refractivity contribution in [3.8, 4) is 0 Å². The molecule has 0 aliphatic rings. The first kappa shape index (κ1) is 16.6. The Balaban J connectivity index is 1.91. The lowest BCUT2D eigenvalue weighted by molar-refractivity contribution is 0.507. The number of halogens is 2. The third kappa shape index (κ3) is 4.89. The molecule has 2 rings (SSSR count). The van der Waals surface area contributed by atoms with Gasteiger partial charge in [0.15, 0.2) is 11.6 Å². The van der Waals surface area contributed by atoms with Gasteiger partial charge >= 0.3 is 0 Å². The van der Waals surface area contributed by atoms with Crippen LogP contribution in [-0.2, 0) is 22.2 Å². The van der Waals surface area contributed by atoms with E-state index in [-0.39, 0.29) is 12.3 Å². The first-order valence-corrected chi connectivity index (χ1v) is 8.48. The quantitative estimate of drug-likeness (QED) is 0.887. The number of hydrogen-bond acceptors (Lipinski definition) is 2. The molecule has 0 atom stereocenters. The van der Waals surface area contributed by atoms with E-state index in [1.54, 1.807) is 6.07 Å². The van der Waals surface area contributed by atoms with Gasteiger partial charge < -0.3 is 0 Å². The van der Waals surface area contributed by atoms with E-state index < -0.39 is 21.7 Å². The van der Waals surface area contributed by atoms with Crippen molar-refractivity contribution < 1.29 is 17.2 Å². The molecule has 0 radical (unpaired) electrons. The summed E-state index contributed by atoms with van der Waals surface area (Å²) in [4.78, 5) is 0. The maximum absolute atomic E-state index is 13.1. The SMILES string of the molecule is Cc1cccc(CS(=O)(=O)NCCc2ccc(F)c(F)c2)c1. The lowest BCUT2D eigenvalue weighted by atomic mass is 10.1. The highest BCUT2D eigenvalue weighted by atomic mass is 32.2. The summed E-state index contributed by atoms with van der Waals surface area (Å²) in [6.07, 6.45) is 0.296. The predicted octanol–water partition coefficient (Wildman–Crippen LogP) is 2.94. The molecule has 0 bridgehead atoms. The number of sulfonamides is 1. The van der Waals surface area contributed by atoms with Gasteiger partial charge in [-0.25, -0.2) is 21.9 Å². The van der Waals surface area contributed by atoms with Gasteiger partial charge in [-0.15, -0.1) is 0 Å². The molecule has 0 amide bonds. The van der Waals surface area contributed by atoms with Crippen LogP contribution in [0, 0.1) is 18.6 Å². The molecule has 0 aliphatic carbocycles. The fourth-order valence-corrected chi connectivity index (χ4v) is 3.25. The van der Waals surface area contributed by atoms with Crippen LogP contribution in [0.15, 0.2) is 42.5 Å². The minimum Gasteiger partial charge on any atom is -0.215 e. The average molecular weight is 325 g/mol. The van der Waals surface area contributed by atoms with Crippen LogP contribution in [0.4, 0.5) is 8.78 Å². The maximum atomic E-state index is 13.1. The zero-order valence-corrected chi connectivity index (χ0v) is 13.0. The van der Waals surface area contributed by atoms with Gasteiger partial charge in [0.1, 0.15) is 0 Å². The Morgan fingerprint density at radius 2 is 1.77 bits per heavy atom. The van der Waals surface area contributed by atoms with Crippen molar-refractivity contribution in [2.45, 2.75) is 19.1 Å². The van der Waals surface area contributed by atoms with Crippen molar-refractivity contribution in [3.63, 3.8) is 0 Å². The number of benzene rings is 2. The molecule has 0 aromatic heterocycles. The van der Waals surface area contributed by atoms with Crippen LogP contribution in [0.1, 0.15) is 16.7 Å². The predicted molar refractivity (Wildman–Crippen MR) is 81.9 cm³/mol. The molecule has 6 heteroatoms. The monoisotopic (exact) mass is 325 g/mol. The van der Waals surface area contributed by atoms with Gasteiger partial charge in [-0.2, -0.15) is 0 Å².